The van der Waals surface area contributed by atoms with Crippen LogP contribution >= 0.6 is 23.2 Å². The van der Waals surface area contributed by atoms with Gasteiger partial charge in [0.1, 0.15) is 6.07 Å². The van der Waals surface area contributed by atoms with Crippen molar-refractivity contribution in [2.24, 2.45) is 5.10 Å². The van der Waals surface area contributed by atoms with Gasteiger partial charge < -0.3 is 5.11 Å². The molecule has 0 spiro atoms. The zero-order valence-corrected chi connectivity index (χ0v) is 18.3. The van der Waals surface area contributed by atoms with Crippen molar-refractivity contribution in [3.63, 3.8) is 0 Å². The molecule has 10 heteroatoms. The van der Waals surface area contributed by atoms with Crippen LogP contribution in [0.15, 0.2) is 47.6 Å². The molecule has 0 fully saturated rings. The SMILES string of the molecule is N#CCCCCC(c1ccc(Cl)cc1)c1ccc(NN=C(C#N)C(=O)NC(=O)O)cc1Cl. The fourth-order valence-corrected chi connectivity index (χ4v) is 3.47. The lowest BCUT2D eigenvalue weighted by Crippen LogP contribution is -2.34. The number of carbonyl (C=O) groups is 2. The highest BCUT2D eigenvalue weighted by molar-refractivity contribution is 6.46. The lowest BCUT2D eigenvalue weighted by Gasteiger charge is -2.20. The van der Waals surface area contributed by atoms with Crippen LogP contribution in [0.3, 0.4) is 0 Å². The van der Waals surface area contributed by atoms with Crippen molar-refractivity contribution in [3.8, 4) is 12.1 Å². The van der Waals surface area contributed by atoms with Gasteiger partial charge in [-0.15, -0.1) is 0 Å². The molecule has 2 aromatic carbocycles. The minimum atomic E-state index is -1.59. The molecule has 1 atom stereocenters. The number of amides is 2. The molecule has 8 nitrogen and oxygen atoms in total. The van der Waals surface area contributed by atoms with Crippen LogP contribution < -0.4 is 10.7 Å². The van der Waals surface area contributed by atoms with E-state index < -0.39 is 17.7 Å². The molecule has 0 aliphatic rings. The highest BCUT2D eigenvalue weighted by atomic mass is 35.5. The van der Waals surface area contributed by atoms with Gasteiger partial charge in [-0.1, -0.05) is 47.8 Å². The molecule has 0 radical (unpaired) electrons. The molecule has 32 heavy (non-hydrogen) atoms. The van der Waals surface area contributed by atoms with Crippen molar-refractivity contribution in [2.75, 3.05) is 5.43 Å². The maximum atomic E-state index is 11.6. The smallest absolute Gasteiger partial charge is 0.411 e. The zero-order chi connectivity index (χ0) is 23.5. The number of nitriles is 2. The number of anilines is 1. The number of carboxylic acid groups (broad SMARTS) is 1. The van der Waals surface area contributed by atoms with Gasteiger partial charge in [-0.25, -0.2) is 4.79 Å². The van der Waals surface area contributed by atoms with E-state index in [0.29, 0.717) is 22.2 Å². The topological polar surface area (TPSA) is 138 Å². The summed E-state index contributed by atoms with van der Waals surface area (Å²) in [5, 5.41) is 32.6. The van der Waals surface area contributed by atoms with Crippen LogP contribution in [0, 0.1) is 22.7 Å². The highest BCUT2D eigenvalue weighted by Gasteiger charge is 2.18. The number of halogens is 2. The molecule has 2 aromatic rings. The van der Waals surface area contributed by atoms with Gasteiger partial charge in [0.25, 0.3) is 5.91 Å². The molecule has 0 saturated heterocycles. The van der Waals surface area contributed by atoms with Crippen LogP contribution in [0.2, 0.25) is 10.0 Å². The van der Waals surface area contributed by atoms with E-state index in [1.807, 2.05) is 30.3 Å². The van der Waals surface area contributed by atoms with Crippen LogP contribution in [0.25, 0.3) is 0 Å². The Hall–Kier alpha value is -3.59. The third-order valence-corrected chi connectivity index (χ3v) is 5.10. The number of imide groups is 1. The minimum absolute atomic E-state index is 0.0213. The van der Waals surface area contributed by atoms with Gasteiger partial charge in [-0.2, -0.15) is 15.6 Å². The largest absolute Gasteiger partial charge is 0.465 e. The second kappa shape index (κ2) is 12.3. The molecule has 0 aliphatic heterocycles. The Balaban J connectivity index is 2.25. The Bertz CT molecular complexity index is 1090. The summed E-state index contributed by atoms with van der Waals surface area (Å²) >= 11 is 12.6. The van der Waals surface area contributed by atoms with Crippen molar-refractivity contribution < 1.29 is 14.7 Å². The molecule has 3 N–H and O–H groups in total. The van der Waals surface area contributed by atoms with Gasteiger partial charge in [-0.3, -0.25) is 15.5 Å². The summed E-state index contributed by atoms with van der Waals surface area (Å²) in [7, 11) is 0. The molecule has 2 amide bonds. The summed E-state index contributed by atoms with van der Waals surface area (Å²) in [4.78, 5) is 22.1. The van der Waals surface area contributed by atoms with E-state index >= 15 is 0 Å². The third kappa shape index (κ3) is 7.28. The number of carbonyl (C=O) groups excluding carboxylic acids is 1. The Kier molecular flexibility index (Phi) is 9.49. The monoisotopic (exact) mass is 471 g/mol. The summed E-state index contributed by atoms with van der Waals surface area (Å²) in [6, 6.07) is 16.3. The fourth-order valence-electron chi connectivity index (χ4n) is 3.03. The predicted molar refractivity (Wildman–Crippen MR) is 122 cm³/mol. The first-order valence-electron chi connectivity index (χ1n) is 9.55. The van der Waals surface area contributed by atoms with Crippen molar-refractivity contribution in [1.82, 2.24) is 5.32 Å². The standard InChI is InChI=1S/C22H19Cl2N5O3/c23-15-7-5-14(6-8-15)17(4-2-1-3-11-25)18-10-9-16(12-19(18)24)28-29-20(13-26)21(30)27-22(31)32/h5-10,12,17,28H,1-4H2,(H,27,30)(H,31,32). The number of hydrogen-bond acceptors (Lipinski definition) is 6. The van der Waals surface area contributed by atoms with Crippen LogP contribution in [0.5, 0.6) is 0 Å². The second-order valence-corrected chi connectivity index (χ2v) is 7.53. The maximum Gasteiger partial charge on any atom is 0.411 e. The number of benzene rings is 2. The van der Waals surface area contributed by atoms with Crippen LogP contribution in [0.1, 0.15) is 42.7 Å². The Labute approximate surface area is 195 Å². The number of unbranched alkanes of at least 4 members (excludes halogenated alkanes) is 2. The summed E-state index contributed by atoms with van der Waals surface area (Å²) in [6.45, 7) is 0. The molecule has 0 aliphatic carbocycles. The molecule has 2 rings (SSSR count). The van der Waals surface area contributed by atoms with Crippen molar-refractivity contribution >= 4 is 46.6 Å². The van der Waals surface area contributed by atoms with Crippen molar-refractivity contribution in [3.05, 3.63) is 63.6 Å². The van der Waals surface area contributed by atoms with Crippen LogP contribution in [-0.2, 0) is 4.79 Å². The van der Waals surface area contributed by atoms with Crippen molar-refractivity contribution in [2.45, 2.75) is 31.6 Å². The first kappa shape index (κ1) is 24.7. The molecule has 0 aromatic heterocycles. The van der Waals surface area contributed by atoms with Gasteiger partial charge >= 0.3 is 6.09 Å². The quantitative estimate of drug-likeness (QED) is 0.257. The molecular formula is C22H19Cl2N5O3. The first-order valence-corrected chi connectivity index (χ1v) is 10.3. The van der Waals surface area contributed by atoms with Crippen LogP contribution in [0.4, 0.5) is 10.5 Å². The summed E-state index contributed by atoms with van der Waals surface area (Å²) in [5.41, 5.74) is 4.20. The average molecular weight is 472 g/mol. The number of nitrogens with zero attached hydrogens (tertiary/aromatic N) is 3. The van der Waals surface area contributed by atoms with E-state index in [2.05, 4.69) is 16.6 Å². The normalized spacial score (nSPS) is 11.7. The van der Waals surface area contributed by atoms with E-state index in [1.165, 1.54) is 6.07 Å². The lowest BCUT2D eigenvalue weighted by atomic mass is 9.86. The van der Waals surface area contributed by atoms with E-state index in [4.69, 9.17) is 38.8 Å². The Morgan fingerprint density at radius 3 is 2.41 bits per heavy atom. The van der Waals surface area contributed by atoms with E-state index in [-0.39, 0.29) is 5.92 Å². The maximum absolute atomic E-state index is 11.6. The zero-order valence-electron chi connectivity index (χ0n) is 16.8. The average Bonchev–Trinajstić information content (AvgIpc) is 2.75. The molecule has 0 saturated carbocycles. The molecule has 164 valence electrons. The fraction of sp³-hybridized carbons (Fsp3) is 0.227. The highest BCUT2D eigenvalue weighted by Crippen LogP contribution is 2.36. The van der Waals surface area contributed by atoms with Crippen LogP contribution in [-0.4, -0.2) is 22.8 Å². The predicted octanol–water partition coefficient (Wildman–Crippen LogP) is 5.29. The van der Waals surface area contributed by atoms with E-state index in [0.717, 1.165) is 30.4 Å². The summed E-state index contributed by atoms with van der Waals surface area (Å²) < 4.78 is 0. The number of nitrogens with one attached hydrogen (secondary N) is 2. The second-order valence-electron chi connectivity index (χ2n) is 6.69. The number of hydrazone groups is 1. The third-order valence-electron chi connectivity index (χ3n) is 4.52. The van der Waals surface area contributed by atoms with Gasteiger partial charge in [0.15, 0.2) is 0 Å². The molecule has 0 heterocycles. The van der Waals surface area contributed by atoms with E-state index in [9.17, 15) is 9.59 Å². The first-order chi connectivity index (χ1) is 15.3. The Morgan fingerprint density at radius 1 is 1.09 bits per heavy atom. The van der Waals surface area contributed by atoms with Gasteiger partial charge in [0.2, 0.25) is 5.71 Å². The summed E-state index contributed by atoms with van der Waals surface area (Å²) in [6.07, 6.45) is 1.29. The minimum Gasteiger partial charge on any atom is -0.465 e. The van der Waals surface area contributed by atoms with Gasteiger partial charge in [-0.05, 0) is 48.2 Å². The molecule has 1 unspecified atom stereocenters. The lowest BCUT2D eigenvalue weighted by molar-refractivity contribution is -0.114. The van der Waals surface area contributed by atoms with Crippen molar-refractivity contribution in [1.29, 1.82) is 10.5 Å². The number of hydrogen-bond donors (Lipinski definition) is 3. The van der Waals surface area contributed by atoms with Gasteiger partial charge in [0, 0.05) is 22.4 Å². The number of rotatable bonds is 9. The molecule has 0 bridgehead atoms. The van der Waals surface area contributed by atoms with E-state index in [1.54, 1.807) is 17.4 Å². The molecular weight excluding hydrogens is 453 g/mol. The Morgan fingerprint density at radius 2 is 1.81 bits per heavy atom. The summed E-state index contributed by atoms with van der Waals surface area (Å²) in [5.74, 6) is -1.16. The van der Waals surface area contributed by atoms with Gasteiger partial charge in [0.05, 0.1) is 11.8 Å².